The summed E-state index contributed by atoms with van der Waals surface area (Å²) in [5.74, 6) is -1.50. The van der Waals surface area contributed by atoms with E-state index in [0.717, 1.165) is 18.5 Å². The van der Waals surface area contributed by atoms with Crippen molar-refractivity contribution in [3.63, 3.8) is 0 Å². The molecule has 0 unspecified atom stereocenters. The summed E-state index contributed by atoms with van der Waals surface area (Å²) in [5, 5.41) is 11.6. The van der Waals surface area contributed by atoms with Crippen LogP contribution in [0.1, 0.15) is 17.5 Å². The van der Waals surface area contributed by atoms with E-state index in [0.29, 0.717) is 0 Å². The third-order valence-electron chi connectivity index (χ3n) is 2.29. The quantitative estimate of drug-likeness (QED) is 0.745. The summed E-state index contributed by atoms with van der Waals surface area (Å²) in [7, 11) is 1.87. The topological polar surface area (TPSA) is 49.3 Å². The first kappa shape index (κ1) is 13.4. The van der Waals surface area contributed by atoms with Crippen LogP contribution in [-0.2, 0) is 11.2 Å². The van der Waals surface area contributed by atoms with Gasteiger partial charge in [-0.15, -0.1) is 0 Å². The minimum Gasteiger partial charge on any atom is -0.481 e. The highest BCUT2D eigenvalue weighted by molar-refractivity contribution is 5.70. The molecule has 1 aromatic rings. The Balaban J connectivity index is 2.68. The van der Waals surface area contributed by atoms with Gasteiger partial charge in [0.15, 0.2) is 0 Å². The summed E-state index contributed by atoms with van der Waals surface area (Å²) in [6.45, 7) is 0.871. The number of rotatable bonds is 6. The molecule has 0 saturated carbocycles. The van der Waals surface area contributed by atoms with E-state index in [2.05, 4.69) is 5.32 Å². The van der Waals surface area contributed by atoms with Gasteiger partial charge < -0.3 is 10.4 Å². The maximum absolute atomic E-state index is 13.5. The first-order valence-corrected chi connectivity index (χ1v) is 5.45. The summed E-state index contributed by atoms with van der Waals surface area (Å²) in [6, 6.07) is 4.59. The SMILES string of the molecule is CNCCC=Cc1ccc(CC(=O)O)c(F)c1. The van der Waals surface area contributed by atoms with Gasteiger partial charge in [0.2, 0.25) is 0 Å². The average Bonchev–Trinajstić information content (AvgIpc) is 2.27. The molecular formula is C13H16FNO2. The summed E-state index contributed by atoms with van der Waals surface area (Å²) >= 11 is 0. The fourth-order valence-corrected chi connectivity index (χ4v) is 1.42. The molecule has 17 heavy (non-hydrogen) atoms. The Morgan fingerprint density at radius 1 is 1.53 bits per heavy atom. The summed E-state index contributed by atoms with van der Waals surface area (Å²) in [5.41, 5.74) is 0.956. The number of hydrogen-bond acceptors (Lipinski definition) is 2. The molecule has 0 aliphatic heterocycles. The van der Waals surface area contributed by atoms with E-state index < -0.39 is 11.8 Å². The van der Waals surface area contributed by atoms with E-state index in [9.17, 15) is 9.18 Å². The van der Waals surface area contributed by atoms with Gasteiger partial charge in [-0.05, 0) is 37.2 Å². The van der Waals surface area contributed by atoms with Gasteiger partial charge in [-0.25, -0.2) is 4.39 Å². The lowest BCUT2D eigenvalue weighted by Crippen LogP contribution is -2.05. The number of hydrogen-bond donors (Lipinski definition) is 2. The molecule has 0 spiro atoms. The van der Waals surface area contributed by atoms with Crippen LogP contribution >= 0.6 is 0 Å². The molecule has 0 amide bonds. The van der Waals surface area contributed by atoms with Crippen molar-refractivity contribution in [2.75, 3.05) is 13.6 Å². The summed E-state index contributed by atoms with van der Waals surface area (Å²) in [6.07, 6.45) is 4.36. The molecule has 1 rings (SSSR count). The van der Waals surface area contributed by atoms with Gasteiger partial charge in [0.05, 0.1) is 6.42 Å². The van der Waals surface area contributed by atoms with Crippen LogP contribution in [0.2, 0.25) is 0 Å². The third kappa shape index (κ3) is 4.78. The Labute approximate surface area is 100.0 Å². The van der Waals surface area contributed by atoms with E-state index in [4.69, 9.17) is 5.11 Å². The Hall–Kier alpha value is -1.68. The van der Waals surface area contributed by atoms with Crippen LogP contribution in [0.25, 0.3) is 6.08 Å². The molecule has 3 nitrogen and oxygen atoms in total. The van der Waals surface area contributed by atoms with Crippen LogP contribution in [0.5, 0.6) is 0 Å². The maximum Gasteiger partial charge on any atom is 0.307 e. The minimum absolute atomic E-state index is 0.213. The molecule has 0 aliphatic carbocycles. The normalized spacial score (nSPS) is 10.9. The van der Waals surface area contributed by atoms with Crippen molar-refractivity contribution < 1.29 is 14.3 Å². The lowest BCUT2D eigenvalue weighted by molar-refractivity contribution is -0.136. The van der Waals surface area contributed by atoms with Gasteiger partial charge in [0, 0.05) is 0 Å². The van der Waals surface area contributed by atoms with Crippen LogP contribution in [0.4, 0.5) is 4.39 Å². The van der Waals surface area contributed by atoms with Crippen molar-refractivity contribution in [3.8, 4) is 0 Å². The molecule has 0 aliphatic rings. The maximum atomic E-state index is 13.5. The monoisotopic (exact) mass is 237 g/mol. The number of halogens is 1. The predicted octanol–water partition coefficient (Wildman–Crippen LogP) is 2.08. The number of carbonyl (C=O) groups is 1. The van der Waals surface area contributed by atoms with Crippen LogP contribution < -0.4 is 5.32 Å². The van der Waals surface area contributed by atoms with Crippen LogP contribution in [0.3, 0.4) is 0 Å². The summed E-state index contributed by atoms with van der Waals surface area (Å²) < 4.78 is 13.5. The molecule has 0 bridgehead atoms. The van der Waals surface area contributed by atoms with Crippen molar-refractivity contribution in [1.29, 1.82) is 0 Å². The fourth-order valence-electron chi connectivity index (χ4n) is 1.42. The lowest BCUT2D eigenvalue weighted by atomic mass is 10.1. The molecular weight excluding hydrogens is 221 g/mol. The lowest BCUT2D eigenvalue weighted by Gasteiger charge is -2.01. The zero-order valence-electron chi connectivity index (χ0n) is 9.74. The average molecular weight is 237 g/mol. The Morgan fingerprint density at radius 3 is 2.88 bits per heavy atom. The molecule has 1 aromatic carbocycles. The van der Waals surface area contributed by atoms with Crippen molar-refractivity contribution in [1.82, 2.24) is 5.32 Å². The van der Waals surface area contributed by atoms with Crippen molar-refractivity contribution in [3.05, 3.63) is 41.2 Å². The predicted molar refractivity (Wildman–Crippen MR) is 65.3 cm³/mol. The van der Waals surface area contributed by atoms with E-state index in [1.165, 1.54) is 12.1 Å². The number of nitrogens with one attached hydrogen (secondary N) is 1. The number of carboxylic acid groups (broad SMARTS) is 1. The molecule has 0 saturated heterocycles. The van der Waals surface area contributed by atoms with Crippen LogP contribution in [-0.4, -0.2) is 24.7 Å². The van der Waals surface area contributed by atoms with Gasteiger partial charge in [-0.2, -0.15) is 0 Å². The van der Waals surface area contributed by atoms with Gasteiger partial charge in [0.25, 0.3) is 0 Å². The highest BCUT2D eigenvalue weighted by Crippen LogP contribution is 2.12. The second-order valence-electron chi connectivity index (χ2n) is 3.72. The van der Waals surface area contributed by atoms with Crippen molar-refractivity contribution in [2.24, 2.45) is 0 Å². The molecule has 0 atom stereocenters. The zero-order valence-corrected chi connectivity index (χ0v) is 9.74. The van der Waals surface area contributed by atoms with Crippen molar-refractivity contribution in [2.45, 2.75) is 12.8 Å². The molecule has 2 N–H and O–H groups in total. The van der Waals surface area contributed by atoms with Gasteiger partial charge in [-0.3, -0.25) is 4.79 Å². The molecule has 0 heterocycles. The molecule has 92 valence electrons. The molecule has 0 aromatic heterocycles. The first-order chi connectivity index (χ1) is 8.13. The number of benzene rings is 1. The fraction of sp³-hybridized carbons (Fsp3) is 0.308. The highest BCUT2D eigenvalue weighted by Gasteiger charge is 2.06. The number of aliphatic carboxylic acids is 1. The first-order valence-electron chi connectivity index (χ1n) is 5.45. The van der Waals surface area contributed by atoms with Crippen LogP contribution in [0.15, 0.2) is 24.3 Å². The highest BCUT2D eigenvalue weighted by atomic mass is 19.1. The van der Waals surface area contributed by atoms with Gasteiger partial charge in [-0.1, -0.05) is 24.3 Å². The largest absolute Gasteiger partial charge is 0.481 e. The van der Waals surface area contributed by atoms with Gasteiger partial charge >= 0.3 is 5.97 Å². The van der Waals surface area contributed by atoms with Crippen LogP contribution in [0, 0.1) is 5.82 Å². The van der Waals surface area contributed by atoms with Crippen molar-refractivity contribution >= 4 is 12.0 Å². The van der Waals surface area contributed by atoms with E-state index in [-0.39, 0.29) is 12.0 Å². The second-order valence-corrected chi connectivity index (χ2v) is 3.72. The second kappa shape index (κ2) is 6.81. The minimum atomic E-state index is -1.03. The van der Waals surface area contributed by atoms with E-state index in [1.54, 1.807) is 6.07 Å². The Bertz CT molecular complexity index is 416. The Morgan fingerprint density at radius 2 is 2.29 bits per heavy atom. The Kier molecular flexibility index (Phi) is 5.36. The zero-order chi connectivity index (χ0) is 12.7. The van der Waals surface area contributed by atoms with E-state index in [1.807, 2.05) is 19.2 Å². The third-order valence-corrected chi connectivity index (χ3v) is 2.29. The molecule has 4 heteroatoms. The molecule has 0 radical (unpaired) electrons. The van der Waals surface area contributed by atoms with Gasteiger partial charge in [0.1, 0.15) is 5.82 Å². The summed E-state index contributed by atoms with van der Waals surface area (Å²) in [4.78, 5) is 10.5. The standard InChI is InChI=1S/C13H16FNO2/c1-15-7-3-2-4-10-5-6-11(9-13(16)17)12(14)8-10/h2,4-6,8,15H,3,7,9H2,1H3,(H,16,17). The molecule has 0 fully saturated rings. The number of carboxylic acids is 1. The van der Waals surface area contributed by atoms with E-state index >= 15 is 0 Å². The smallest absolute Gasteiger partial charge is 0.307 e.